The highest BCUT2D eigenvalue weighted by atomic mass is 16.3. The van der Waals surface area contributed by atoms with Crippen LogP contribution in [-0.2, 0) is 6.42 Å². The van der Waals surface area contributed by atoms with E-state index in [4.69, 9.17) is 0 Å². The molecule has 0 unspecified atom stereocenters. The molecule has 3 rings (SSSR count). The molecule has 1 aliphatic carbocycles. The third kappa shape index (κ3) is 3.30. The Kier molecular flexibility index (Phi) is 4.35. The van der Waals surface area contributed by atoms with Crippen molar-refractivity contribution in [1.29, 1.82) is 0 Å². The second-order valence-electron chi connectivity index (χ2n) is 6.13. The normalized spacial score (nSPS) is 18.8. The summed E-state index contributed by atoms with van der Waals surface area (Å²) in [6, 6.07) is 8.67. The zero-order valence-electron chi connectivity index (χ0n) is 13.9. The zero-order chi connectivity index (χ0) is 17.3. The predicted octanol–water partition coefficient (Wildman–Crippen LogP) is 1.63. The highest BCUT2D eigenvalue weighted by molar-refractivity contribution is 5.88. The van der Waals surface area contributed by atoms with Crippen molar-refractivity contribution in [2.45, 2.75) is 25.5 Å². The summed E-state index contributed by atoms with van der Waals surface area (Å²) < 4.78 is 0. The lowest BCUT2D eigenvalue weighted by atomic mass is 10.1. The molecule has 0 aliphatic heterocycles. The number of aliphatic hydroxyl groups excluding tert-OH is 1. The van der Waals surface area contributed by atoms with Crippen LogP contribution in [0.4, 0.5) is 16.6 Å². The molecule has 1 heterocycles. The van der Waals surface area contributed by atoms with E-state index in [1.807, 2.05) is 56.3 Å². The fourth-order valence-corrected chi connectivity index (χ4v) is 2.86. The lowest BCUT2D eigenvalue weighted by Crippen LogP contribution is -2.37. The third-order valence-corrected chi connectivity index (χ3v) is 4.01. The van der Waals surface area contributed by atoms with Crippen LogP contribution in [0.3, 0.4) is 0 Å². The lowest BCUT2D eigenvalue weighted by Gasteiger charge is -2.18. The minimum absolute atomic E-state index is 0.233. The molecule has 0 bridgehead atoms. The van der Waals surface area contributed by atoms with Gasteiger partial charge >= 0.3 is 6.03 Å². The summed E-state index contributed by atoms with van der Waals surface area (Å²) in [6.45, 7) is 1.84. The minimum Gasteiger partial charge on any atom is -0.390 e. The summed E-state index contributed by atoms with van der Waals surface area (Å²) in [4.78, 5) is 22.6. The topological polar surface area (TPSA) is 90.4 Å². The van der Waals surface area contributed by atoms with Crippen LogP contribution in [0.1, 0.15) is 22.9 Å². The first kappa shape index (κ1) is 16.2. The number of hydrogen-bond acceptors (Lipinski definition) is 5. The van der Waals surface area contributed by atoms with Crippen molar-refractivity contribution in [2.75, 3.05) is 24.3 Å². The molecule has 0 saturated heterocycles. The Morgan fingerprint density at radius 2 is 2.04 bits per heavy atom. The van der Waals surface area contributed by atoms with Crippen molar-refractivity contribution in [3.8, 4) is 0 Å². The molecular weight excluding hydrogens is 306 g/mol. The van der Waals surface area contributed by atoms with Crippen LogP contribution in [0, 0.1) is 6.92 Å². The SMILES string of the molecule is Cc1cc(N(C)C)nc(NC(=O)N[C@@H]2c3ccccc3C[C@@H]2O)n1. The largest absolute Gasteiger partial charge is 0.390 e. The maximum atomic E-state index is 12.3. The monoisotopic (exact) mass is 327 g/mol. The molecule has 7 nitrogen and oxygen atoms in total. The third-order valence-electron chi connectivity index (χ3n) is 4.01. The van der Waals surface area contributed by atoms with Gasteiger partial charge in [-0.2, -0.15) is 4.98 Å². The highest BCUT2D eigenvalue weighted by Gasteiger charge is 2.31. The molecule has 126 valence electrons. The Bertz CT molecular complexity index is 762. The second-order valence-corrected chi connectivity index (χ2v) is 6.13. The van der Waals surface area contributed by atoms with Crippen LogP contribution in [0.25, 0.3) is 0 Å². The molecule has 3 N–H and O–H groups in total. The number of fused-ring (bicyclic) bond motifs is 1. The van der Waals surface area contributed by atoms with E-state index in [2.05, 4.69) is 20.6 Å². The van der Waals surface area contributed by atoms with Crippen molar-refractivity contribution in [3.05, 3.63) is 47.2 Å². The van der Waals surface area contributed by atoms with Crippen LogP contribution in [-0.4, -0.2) is 41.3 Å². The number of amides is 2. The summed E-state index contributed by atoms with van der Waals surface area (Å²) in [5, 5.41) is 15.7. The highest BCUT2D eigenvalue weighted by Crippen LogP contribution is 2.31. The Morgan fingerprint density at radius 3 is 2.79 bits per heavy atom. The quantitative estimate of drug-likeness (QED) is 0.797. The number of urea groups is 1. The standard InChI is InChI=1S/C17H21N5O2/c1-10-8-14(22(2)3)19-16(18-10)21-17(24)20-15-12-7-5-4-6-11(12)9-13(15)23/h4-8,13,15,23H,9H2,1-3H3,(H2,18,19,20,21,24)/t13-,15+/m0/s1. The number of nitrogens with zero attached hydrogens (tertiary/aromatic N) is 3. The zero-order valence-corrected chi connectivity index (χ0v) is 13.9. The summed E-state index contributed by atoms with van der Waals surface area (Å²) >= 11 is 0. The number of aliphatic hydroxyl groups is 1. The number of anilines is 2. The fourth-order valence-electron chi connectivity index (χ4n) is 2.86. The smallest absolute Gasteiger partial charge is 0.322 e. The van der Waals surface area contributed by atoms with Crippen LogP contribution < -0.4 is 15.5 Å². The maximum absolute atomic E-state index is 12.3. The van der Waals surface area contributed by atoms with E-state index in [-0.39, 0.29) is 5.95 Å². The Morgan fingerprint density at radius 1 is 1.29 bits per heavy atom. The number of rotatable bonds is 3. The van der Waals surface area contributed by atoms with E-state index in [1.54, 1.807) is 0 Å². The van der Waals surface area contributed by atoms with Crippen molar-refractivity contribution in [2.24, 2.45) is 0 Å². The summed E-state index contributed by atoms with van der Waals surface area (Å²) in [7, 11) is 3.74. The summed E-state index contributed by atoms with van der Waals surface area (Å²) in [6.07, 6.45) is -0.101. The molecule has 1 aromatic heterocycles. The number of carbonyl (C=O) groups excluding carboxylic acids is 1. The van der Waals surface area contributed by atoms with Crippen LogP contribution in [0.15, 0.2) is 30.3 Å². The summed E-state index contributed by atoms with van der Waals surface area (Å²) in [5.74, 6) is 0.945. The van der Waals surface area contributed by atoms with Gasteiger partial charge in [-0.3, -0.25) is 5.32 Å². The van der Waals surface area contributed by atoms with Gasteiger partial charge in [-0.1, -0.05) is 24.3 Å². The van der Waals surface area contributed by atoms with E-state index < -0.39 is 18.2 Å². The van der Waals surface area contributed by atoms with Gasteiger partial charge in [-0.05, 0) is 18.1 Å². The first-order valence-corrected chi connectivity index (χ1v) is 7.80. The molecule has 0 radical (unpaired) electrons. The number of aryl methyl sites for hydroxylation is 1. The molecule has 0 fully saturated rings. The Balaban J connectivity index is 1.73. The number of nitrogens with one attached hydrogen (secondary N) is 2. The summed E-state index contributed by atoms with van der Waals surface area (Å²) in [5.41, 5.74) is 2.76. The molecule has 1 aliphatic rings. The number of carbonyl (C=O) groups is 1. The lowest BCUT2D eigenvalue weighted by molar-refractivity contribution is 0.144. The van der Waals surface area contributed by atoms with Gasteiger partial charge < -0.3 is 15.3 Å². The van der Waals surface area contributed by atoms with E-state index in [9.17, 15) is 9.90 Å². The van der Waals surface area contributed by atoms with Gasteiger partial charge in [0, 0.05) is 32.3 Å². The molecule has 2 aromatic rings. The van der Waals surface area contributed by atoms with E-state index >= 15 is 0 Å². The van der Waals surface area contributed by atoms with Crippen molar-refractivity contribution in [3.63, 3.8) is 0 Å². The number of aromatic nitrogens is 2. The molecule has 2 amide bonds. The number of hydrogen-bond donors (Lipinski definition) is 3. The molecule has 0 saturated carbocycles. The van der Waals surface area contributed by atoms with E-state index in [0.717, 1.165) is 16.8 Å². The van der Waals surface area contributed by atoms with Gasteiger partial charge in [0.25, 0.3) is 0 Å². The average Bonchev–Trinajstić information content (AvgIpc) is 2.82. The van der Waals surface area contributed by atoms with Crippen molar-refractivity contribution >= 4 is 17.8 Å². The fraction of sp³-hybridized carbons (Fsp3) is 0.353. The van der Waals surface area contributed by atoms with Gasteiger partial charge in [-0.15, -0.1) is 0 Å². The van der Waals surface area contributed by atoms with Gasteiger partial charge in [0.15, 0.2) is 0 Å². The van der Waals surface area contributed by atoms with Gasteiger partial charge in [0.05, 0.1) is 12.1 Å². The average molecular weight is 327 g/mol. The Hall–Kier alpha value is -2.67. The Labute approximate surface area is 140 Å². The van der Waals surface area contributed by atoms with Crippen molar-refractivity contribution < 1.29 is 9.90 Å². The molecule has 2 atom stereocenters. The van der Waals surface area contributed by atoms with Crippen LogP contribution in [0.5, 0.6) is 0 Å². The molecule has 24 heavy (non-hydrogen) atoms. The van der Waals surface area contributed by atoms with Gasteiger partial charge in [-0.25, -0.2) is 9.78 Å². The van der Waals surface area contributed by atoms with E-state index in [1.165, 1.54) is 0 Å². The predicted molar refractivity (Wildman–Crippen MR) is 92.1 cm³/mol. The molecule has 1 aromatic carbocycles. The van der Waals surface area contributed by atoms with Crippen molar-refractivity contribution in [1.82, 2.24) is 15.3 Å². The second kappa shape index (κ2) is 6.45. The number of benzene rings is 1. The van der Waals surface area contributed by atoms with Crippen LogP contribution >= 0.6 is 0 Å². The van der Waals surface area contributed by atoms with Gasteiger partial charge in [0.2, 0.25) is 5.95 Å². The van der Waals surface area contributed by atoms with E-state index in [0.29, 0.717) is 12.2 Å². The molecular formula is C17H21N5O2. The molecule has 7 heteroatoms. The first-order valence-electron chi connectivity index (χ1n) is 7.80. The minimum atomic E-state index is -0.635. The molecule has 0 spiro atoms. The maximum Gasteiger partial charge on any atom is 0.322 e. The van der Waals surface area contributed by atoms with Crippen LogP contribution in [0.2, 0.25) is 0 Å². The van der Waals surface area contributed by atoms with Gasteiger partial charge in [0.1, 0.15) is 5.82 Å². The first-order chi connectivity index (χ1) is 11.4.